The molecule has 0 spiro atoms. The fourth-order valence-electron chi connectivity index (χ4n) is 4.25. The van der Waals surface area contributed by atoms with Gasteiger partial charge in [-0.3, -0.25) is 0 Å². The van der Waals surface area contributed by atoms with Crippen LogP contribution in [0.25, 0.3) is 0 Å². The van der Waals surface area contributed by atoms with Crippen molar-refractivity contribution in [3.8, 4) is 0 Å². The number of rotatable bonds is 6. The van der Waals surface area contributed by atoms with Crippen molar-refractivity contribution in [1.29, 1.82) is 0 Å². The molecule has 5 heteroatoms. The van der Waals surface area contributed by atoms with Gasteiger partial charge in [-0.05, 0) is 44.9 Å². The standard InChI is InChI=1S/C18H28N2O2S/c1-14-19-16(11-23-14)10-21-13-18-6-2-8-22-17(18)5-7-20(12-18)9-15-3-4-15/h11,15,17H,2-10,12-13H2,1H3. The largest absolute Gasteiger partial charge is 0.377 e. The summed E-state index contributed by atoms with van der Waals surface area (Å²) < 4.78 is 12.3. The Balaban J connectivity index is 1.37. The van der Waals surface area contributed by atoms with E-state index >= 15 is 0 Å². The summed E-state index contributed by atoms with van der Waals surface area (Å²) in [6, 6.07) is 0. The predicted octanol–water partition coefficient (Wildman–Crippen LogP) is 3.25. The van der Waals surface area contributed by atoms with Crippen LogP contribution >= 0.6 is 11.3 Å². The fourth-order valence-corrected chi connectivity index (χ4v) is 4.85. The van der Waals surface area contributed by atoms with E-state index in [1.54, 1.807) is 11.3 Å². The van der Waals surface area contributed by atoms with Gasteiger partial charge in [-0.1, -0.05) is 0 Å². The van der Waals surface area contributed by atoms with Crippen molar-refractivity contribution >= 4 is 11.3 Å². The van der Waals surface area contributed by atoms with E-state index < -0.39 is 0 Å². The molecule has 1 saturated carbocycles. The Morgan fingerprint density at radius 2 is 2.35 bits per heavy atom. The van der Waals surface area contributed by atoms with E-state index in [0.29, 0.717) is 12.7 Å². The van der Waals surface area contributed by atoms with Gasteiger partial charge in [0.1, 0.15) is 0 Å². The summed E-state index contributed by atoms with van der Waals surface area (Å²) in [6.07, 6.45) is 6.85. The molecule has 1 aliphatic carbocycles. The predicted molar refractivity (Wildman–Crippen MR) is 91.7 cm³/mol. The quantitative estimate of drug-likeness (QED) is 0.799. The Morgan fingerprint density at radius 3 is 3.13 bits per heavy atom. The summed E-state index contributed by atoms with van der Waals surface area (Å²) in [5, 5.41) is 3.23. The molecule has 4 rings (SSSR count). The molecule has 2 saturated heterocycles. The average Bonchev–Trinajstić information content (AvgIpc) is 3.27. The lowest BCUT2D eigenvalue weighted by Gasteiger charge is -2.50. The summed E-state index contributed by atoms with van der Waals surface area (Å²) in [4.78, 5) is 7.19. The zero-order valence-corrected chi connectivity index (χ0v) is 14.9. The van der Waals surface area contributed by atoms with Crippen LogP contribution in [0.2, 0.25) is 0 Å². The van der Waals surface area contributed by atoms with Crippen molar-refractivity contribution in [2.75, 3.05) is 32.8 Å². The van der Waals surface area contributed by atoms with Gasteiger partial charge in [0.05, 0.1) is 30.0 Å². The van der Waals surface area contributed by atoms with Crippen molar-refractivity contribution in [2.24, 2.45) is 11.3 Å². The summed E-state index contributed by atoms with van der Waals surface area (Å²) in [6.45, 7) is 8.09. The molecule has 0 amide bonds. The monoisotopic (exact) mass is 336 g/mol. The van der Waals surface area contributed by atoms with Gasteiger partial charge in [0.2, 0.25) is 0 Å². The number of fused-ring (bicyclic) bond motifs is 1. The van der Waals surface area contributed by atoms with E-state index in [4.69, 9.17) is 9.47 Å². The minimum absolute atomic E-state index is 0.205. The maximum Gasteiger partial charge on any atom is 0.0898 e. The van der Waals surface area contributed by atoms with E-state index in [1.807, 2.05) is 0 Å². The smallest absolute Gasteiger partial charge is 0.0898 e. The van der Waals surface area contributed by atoms with Crippen molar-refractivity contribution in [2.45, 2.75) is 51.7 Å². The SMILES string of the molecule is Cc1nc(COCC23CCCOC2CCN(CC2CC2)C3)cs1. The van der Waals surface area contributed by atoms with Crippen LogP contribution in [0.15, 0.2) is 5.38 Å². The second-order valence-corrected chi connectivity index (χ2v) is 8.71. The van der Waals surface area contributed by atoms with Crippen LogP contribution in [-0.4, -0.2) is 48.8 Å². The maximum absolute atomic E-state index is 6.14. The zero-order valence-electron chi connectivity index (χ0n) is 14.1. The Morgan fingerprint density at radius 1 is 1.43 bits per heavy atom. The number of hydrogen-bond acceptors (Lipinski definition) is 5. The van der Waals surface area contributed by atoms with Crippen LogP contribution in [0.4, 0.5) is 0 Å². The number of aromatic nitrogens is 1. The average molecular weight is 337 g/mol. The molecule has 2 aliphatic heterocycles. The molecule has 23 heavy (non-hydrogen) atoms. The van der Waals surface area contributed by atoms with Gasteiger partial charge in [-0.15, -0.1) is 11.3 Å². The fraction of sp³-hybridized carbons (Fsp3) is 0.833. The topological polar surface area (TPSA) is 34.6 Å². The minimum atomic E-state index is 0.205. The van der Waals surface area contributed by atoms with Crippen molar-refractivity contribution < 1.29 is 9.47 Å². The van der Waals surface area contributed by atoms with E-state index in [-0.39, 0.29) is 5.41 Å². The number of nitrogens with zero attached hydrogens (tertiary/aromatic N) is 2. The summed E-state index contributed by atoms with van der Waals surface area (Å²) in [5.74, 6) is 0.965. The molecular formula is C18H28N2O2S. The van der Waals surface area contributed by atoms with Gasteiger partial charge < -0.3 is 14.4 Å². The molecule has 0 N–H and O–H groups in total. The second kappa shape index (κ2) is 6.79. The number of aryl methyl sites for hydroxylation is 1. The molecule has 4 nitrogen and oxygen atoms in total. The molecule has 3 fully saturated rings. The van der Waals surface area contributed by atoms with Crippen LogP contribution in [0.5, 0.6) is 0 Å². The van der Waals surface area contributed by atoms with Crippen molar-refractivity contribution in [3.63, 3.8) is 0 Å². The zero-order chi connectivity index (χ0) is 15.7. The molecule has 1 aromatic heterocycles. The number of piperidine rings is 1. The van der Waals surface area contributed by atoms with E-state index in [9.17, 15) is 0 Å². The van der Waals surface area contributed by atoms with Crippen molar-refractivity contribution in [1.82, 2.24) is 9.88 Å². The molecule has 0 radical (unpaired) electrons. The molecule has 3 aliphatic rings. The molecule has 0 bridgehead atoms. The molecule has 2 atom stereocenters. The van der Waals surface area contributed by atoms with E-state index in [1.165, 1.54) is 45.2 Å². The Bertz CT molecular complexity index is 531. The van der Waals surface area contributed by atoms with Crippen LogP contribution in [0.1, 0.15) is 42.8 Å². The van der Waals surface area contributed by atoms with Gasteiger partial charge in [0.15, 0.2) is 0 Å². The first-order chi connectivity index (χ1) is 11.2. The highest BCUT2D eigenvalue weighted by Crippen LogP contribution is 2.42. The van der Waals surface area contributed by atoms with E-state index in [0.717, 1.165) is 36.4 Å². The number of ether oxygens (including phenoxy) is 2. The van der Waals surface area contributed by atoms with Gasteiger partial charge in [-0.25, -0.2) is 4.98 Å². The molecule has 1 aromatic rings. The van der Waals surface area contributed by atoms with Crippen LogP contribution in [0, 0.1) is 18.3 Å². The Kier molecular flexibility index (Phi) is 4.72. The van der Waals surface area contributed by atoms with Gasteiger partial charge in [0, 0.05) is 37.0 Å². The highest BCUT2D eigenvalue weighted by atomic mass is 32.1. The number of thiazole rings is 1. The minimum Gasteiger partial charge on any atom is -0.377 e. The molecule has 0 aromatic carbocycles. The van der Waals surface area contributed by atoms with Crippen molar-refractivity contribution in [3.05, 3.63) is 16.1 Å². The van der Waals surface area contributed by atoms with Gasteiger partial charge in [0.25, 0.3) is 0 Å². The summed E-state index contributed by atoms with van der Waals surface area (Å²) >= 11 is 1.70. The molecular weight excluding hydrogens is 308 g/mol. The van der Waals surface area contributed by atoms with Gasteiger partial charge >= 0.3 is 0 Å². The highest BCUT2D eigenvalue weighted by molar-refractivity contribution is 7.09. The highest BCUT2D eigenvalue weighted by Gasteiger charge is 2.46. The first-order valence-corrected chi connectivity index (χ1v) is 9.94. The molecule has 3 heterocycles. The first-order valence-electron chi connectivity index (χ1n) is 9.06. The second-order valence-electron chi connectivity index (χ2n) is 7.64. The first kappa shape index (κ1) is 16.0. The molecule has 128 valence electrons. The van der Waals surface area contributed by atoms with Gasteiger partial charge in [-0.2, -0.15) is 0 Å². The maximum atomic E-state index is 6.14. The summed E-state index contributed by atoms with van der Waals surface area (Å²) in [5.41, 5.74) is 1.28. The van der Waals surface area contributed by atoms with Crippen LogP contribution in [-0.2, 0) is 16.1 Å². The third kappa shape index (κ3) is 3.78. The van der Waals surface area contributed by atoms with Crippen LogP contribution < -0.4 is 0 Å². The number of hydrogen-bond donors (Lipinski definition) is 0. The Labute approximate surface area is 143 Å². The lowest BCUT2D eigenvalue weighted by molar-refractivity contribution is -0.155. The lowest BCUT2D eigenvalue weighted by atomic mass is 9.73. The Hall–Kier alpha value is -0.490. The third-order valence-electron chi connectivity index (χ3n) is 5.59. The van der Waals surface area contributed by atoms with Crippen LogP contribution in [0.3, 0.4) is 0 Å². The molecule has 2 unspecified atom stereocenters. The lowest BCUT2D eigenvalue weighted by Crippen LogP contribution is -2.57. The number of likely N-dealkylation sites (tertiary alicyclic amines) is 1. The summed E-state index contributed by atoms with van der Waals surface area (Å²) in [7, 11) is 0. The normalized spacial score (nSPS) is 32.0. The van der Waals surface area contributed by atoms with E-state index in [2.05, 4.69) is 22.2 Å². The third-order valence-corrected chi connectivity index (χ3v) is 6.41.